The van der Waals surface area contributed by atoms with Gasteiger partial charge in [-0.3, -0.25) is 15.1 Å². The molecule has 0 unspecified atom stereocenters. The normalized spacial score (nSPS) is 12.5. The zero-order valence-corrected chi connectivity index (χ0v) is 11.9. The Morgan fingerprint density at radius 3 is 2.52 bits per heavy atom. The number of nitro groups is 1. The second kappa shape index (κ2) is 6.37. The van der Waals surface area contributed by atoms with Crippen LogP contribution in [0.5, 0.6) is 5.75 Å². The monoisotopic (exact) mass is 303 g/mol. The summed E-state index contributed by atoms with van der Waals surface area (Å²) in [5, 5.41) is 23.0. The van der Waals surface area contributed by atoms with E-state index in [-0.39, 0.29) is 23.0 Å². The Balaban J connectivity index is 2.22. The van der Waals surface area contributed by atoms with Crippen molar-refractivity contribution in [1.29, 1.82) is 0 Å². The largest absolute Gasteiger partial charge is 0.872 e. The number of halogens is 1. The lowest BCUT2D eigenvalue weighted by Gasteiger charge is -2.10. The molecule has 0 N–H and O–H groups in total. The lowest BCUT2D eigenvalue weighted by atomic mass is 10.1. The number of nitro benzene ring substituents is 1. The number of aliphatic imine (C=N–C) groups is 1. The number of hydrogen-bond acceptors (Lipinski definition) is 4. The first-order chi connectivity index (χ1) is 9.97. The second-order valence-corrected chi connectivity index (χ2v) is 4.92. The minimum atomic E-state index is -0.542. The SMILES string of the molecule is C[C@@H](N=Cc1cc([N+](=O)[O-])ccc1[O-])c1ccc(Cl)cc1. The molecular formula is C15H12ClN2O3-. The molecule has 21 heavy (non-hydrogen) atoms. The minimum absolute atomic E-state index is 0.129. The number of rotatable bonds is 4. The second-order valence-electron chi connectivity index (χ2n) is 4.48. The summed E-state index contributed by atoms with van der Waals surface area (Å²) in [4.78, 5) is 14.4. The zero-order valence-electron chi connectivity index (χ0n) is 11.2. The van der Waals surface area contributed by atoms with Crippen molar-refractivity contribution in [2.45, 2.75) is 13.0 Å². The van der Waals surface area contributed by atoms with Crippen LogP contribution in [-0.2, 0) is 0 Å². The first kappa shape index (κ1) is 15.0. The van der Waals surface area contributed by atoms with Gasteiger partial charge in [0, 0.05) is 23.4 Å². The summed E-state index contributed by atoms with van der Waals surface area (Å²) in [6, 6.07) is 10.6. The van der Waals surface area contributed by atoms with Gasteiger partial charge in [0.05, 0.1) is 11.0 Å². The van der Waals surface area contributed by atoms with Crippen molar-refractivity contribution < 1.29 is 10.0 Å². The fraction of sp³-hybridized carbons (Fsp3) is 0.133. The summed E-state index contributed by atoms with van der Waals surface area (Å²) in [6.45, 7) is 1.86. The molecule has 0 saturated carbocycles. The highest BCUT2D eigenvalue weighted by molar-refractivity contribution is 6.30. The third kappa shape index (κ3) is 3.79. The van der Waals surface area contributed by atoms with Gasteiger partial charge in [-0.05, 0) is 30.2 Å². The van der Waals surface area contributed by atoms with Crippen LogP contribution >= 0.6 is 11.6 Å². The summed E-state index contributed by atoms with van der Waals surface area (Å²) in [5.41, 5.74) is 1.01. The molecule has 5 nitrogen and oxygen atoms in total. The van der Waals surface area contributed by atoms with Crippen LogP contribution in [0, 0.1) is 10.1 Å². The molecule has 0 amide bonds. The van der Waals surface area contributed by atoms with E-state index in [1.807, 2.05) is 19.1 Å². The Labute approximate surface area is 126 Å². The van der Waals surface area contributed by atoms with Crippen LogP contribution in [0.4, 0.5) is 5.69 Å². The fourth-order valence-corrected chi connectivity index (χ4v) is 1.90. The molecule has 0 bridgehead atoms. The van der Waals surface area contributed by atoms with Gasteiger partial charge in [-0.1, -0.05) is 35.5 Å². The molecule has 0 heterocycles. The van der Waals surface area contributed by atoms with E-state index < -0.39 is 4.92 Å². The third-order valence-corrected chi connectivity index (χ3v) is 3.25. The lowest BCUT2D eigenvalue weighted by Crippen LogP contribution is -1.99. The Kier molecular flexibility index (Phi) is 4.55. The molecule has 0 saturated heterocycles. The fourth-order valence-electron chi connectivity index (χ4n) is 1.77. The van der Waals surface area contributed by atoms with E-state index in [0.717, 1.165) is 5.56 Å². The highest BCUT2D eigenvalue weighted by Gasteiger charge is 2.06. The maximum absolute atomic E-state index is 11.7. The van der Waals surface area contributed by atoms with Gasteiger partial charge in [0.25, 0.3) is 5.69 Å². The van der Waals surface area contributed by atoms with E-state index in [1.54, 1.807) is 12.1 Å². The average Bonchev–Trinajstić information content (AvgIpc) is 2.46. The van der Waals surface area contributed by atoms with Crippen LogP contribution in [0.15, 0.2) is 47.5 Å². The van der Waals surface area contributed by atoms with Crippen LogP contribution in [0.2, 0.25) is 5.02 Å². The van der Waals surface area contributed by atoms with Gasteiger partial charge < -0.3 is 5.11 Å². The van der Waals surface area contributed by atoms with Gasteiger partial charge in [-0.2, -0.15) is 0 Å². The molecule has 0 aliphatic heterocycles. The van der Waals surface area contributed by atoms with Crippen molar-refractivity contribution in [1.82, 2.24) is 0 Å². The molecule has 6 heteroatoms. The van der Waals surface area contributed by atoms with Crippen LogP contribution in [0.25, 0.3) is 0 Å². The predicted molar refractivity (Wildman–Crippen MR) is 80.0 cm³/mol. The van der Waals surface area contributed by atoms with Crippen LogP contribution < -0.4 is 5.11 Å². The topological polar surface area (TPSA) is 78.6 Å². The number of non-ortho nitro benzene ring substituents is 1. The first-order valence-electron chi connectivity index (χ1n) is 6.21. The molecule has 2 aromatic carbocycles. The van der Waals surface area contributed by atoms with Gasteiger partial charge in [0.15, 0.2) is 0 Å². The number of benzene rings is 2. The highest BCUT2D eigenvalue weighted by atomic mass is 35.5. The summed E-state index contributed by atoms with van der Waals surface area (Å²) >= 11 is 5.81. The molecule has 0 fully saturated rings. The molecule has 0 spiro atoms. The van der Waals surface area contributed by atoms with E-state index in [1.165, 1.54) is 24.4 Å². The van der Waals surface area contributed by atoms with Crippen molar-refractivity contribution >= 4 is 23.5 Å². The van der Waals surface area contributed by atoms with Crippen LogP contribution in [-0.4, -0.2) is 11.1 Å². The molecule has 0 radical (unpaired) electrons. The average molecular weight is 304 g/mol. The summed E-state index contributed by atoms with van der Waals surface area (Å²) in [5.74, 6) is -0.298. The van der Waals surface area contributed by atoms with Crippen molar-refractivity contribution in [2.75, 3.05) is 0 Å². The Morgan fingerprint density at radius 1 is 1.24 bits per heavy atom. The smallest absolute Gasteiger partial charge is 0.270 e. The van der Waals surface area contributed by atoms with Gasteiger partial charge in [-0.15, -0.1) is 0 Å². The van der Waals surface area contributed by atoms with Gasteiger partial charge >= 0.3 is 0 Å². The highest BCUT2D eigenvalue weighted by Crippen LogP contribution is 2.22. The first-order valence-corrected chi connectivity index (χ1v) is 6.59. The predicted octanol–water partition coefficient (Wildman–Crippen LogP) is 3.50. The molecule has 0 aliphatic rings. The lowest BCUT2D eigenvalue weighted by molar-refractivity contribution is -0.385. The quantitative estimate of drug-likeness (QED) is 0.492. The van der Waals surface area contributed by atoms with Crippen LogP contribution in [0.1, 0.15) is 24.1 Å². The molecule has 0 aliphatic carbocycles. The van der Waals surface area contributed by atoms with E-state index in [9.17, 15) is 15.2 Å². The Bertz CT molecular complexity index is 684. The van der Waals surface area contributed by atoms with E-state index >= 15 is 0 Å². The van der Waals surface area contributed by atoms with E-state index in [2.05, 4.69) is 4.99 Å². The minimum Gasteiger partial charge on any atom is -0.872 e. The Hall–Kier alpha value is -2.40. The van der Waals surface area contributed by atoms with Crippen LogP contribution in [0.3, 0.4) is 0 Å². The number of hydrogen-bond donors (Lipinski definition) is 0. The molecule has 1 atom stereocenters. The molecular weight excluding hydrogens is 292 g/mol. The molecule has 108 valence electrons. The summed E-state index contributed by atoms with van der Waals surface area (Å²) in [7, 11) is 0. The maximum atomic E-state index is 11.7. The zero-order chi connectivity index (χ0) is 15.4. The van der Waals surface area contributed by atoms with Crippen molar-refractivity contribution in [3.8, 4) is 5.75 Å². The van der Waals surface area contributed by atoms with Crippen molar-refractivity contribution in [3.63, 3.8) is 0 Å². The molecule has 0 aromatic heterocycles. The van der Waals surface area contributed by atoms with Crippen molar-refractivity contribution in [3.05, 3.63) is 68.7 Å². The standard InChI is InChI=1S/C15H13ClN2O3/c1-10(11-2-4-13(16)5-3-11)17-9-12-8-14(18(20)21)6-7-15(12)19/h2-10,19H,1H3/p-1/t10-/m1/s1. The molecule has 2 aromatic rings. The molecule has 2 rings (SSSR count). The van der Waals surface area contributed by atoms with E-state index in [0.29, 0.717) is 5.02 Å². The number of nitrogens with zero attached hydrogens (tertiary/aromatic N) is 2. The van der Waals surface area contributed by atoms with Gasteiger partial charge in [0.2, 0.25) is 0 Å². The van der Waals surface area contributed by atoms with Crippen molar-refractivity contribution in [2.24, 2.45) is 4.99 Å². The third-order valence-electron chi connectivity index (χ3n) is 2.99. The summed E-state index contributed by atoms with van der Waals surface area (Å²) in [6.07, 6.45) is 1.37. The summed E-state index contributed by atoms with van der Waals surface area (Å²) < 4.78 is 0. The van der Waals surface area contributed by atoms with E-state index in [4.69, 9.17) is 11.6 Å². The van der Waals surface area contributed by atoms with Gasteiger partial charge in [0.1, 0.15) is 0 Å². The maximum Gasteiger partial charge on any atom is 0.270 e. The van der Waals surface area contributed by atoms with Gasteiger partial charge in [-0.25, -0.2) is 0 Å². The Morgan fingerprint density at radius 2 is 1.90 bits per heavy atom.